The van der Waals surface area contributed by atoms with Gasteiger partial charge < -0.3 is 25.6 Å². The zero-order valence-corrected chi connectivity index (χ0v) is 15.9. The van der Waals surface area contributed by atoms with E-state index in [4.69, 9.17) is 4.74 Å². The van der Waals surface area contributed by atoms with Crippen molar-refractivity contribution < 1.29 is 9.53 Å². The van der Waals surface area contributed by atoms with Gasteiger partial charge in [-0.25, -0.2) is 4.79 Å². The molecule has 0 atom stereocenters. The van der Waals surface area contributed by atoms with Gasteiger partial charge >= 0.3 is 6.09 Å². The first kappa shape index (κ1) is 20.5. The van der Waals surface area contributed by atoms with Crippen LogP contribution in [-0.2, 0) is 4.74 Å². The number of hydrogen-bond donors (Lipinski definition) is 3. The van der Waals surface area contributed by atoms with Gasteiger partial charge in [0.05, 0.1) is 0 Å². The summed E-state index contributed by atoms with van der Waals surface area (Å²) < 4.78 is 5.19. The number of hydrogen-bond acceptors (Lipinski definition) is 4. The summed E-state index contributed by atoms with van der Waals surface area (Å²) in [5, 5.41) is 9.42. The van der Waals surface area contributed by atoms with Crippen LogP contribution in [0.5, 0.6) is 0 Å². The predicted molar refractivity (Wildman–Crippen MR) is 98.5 cm³/mol. The number of alkyl carbamates (subject to hydrolysis) is 1. The number of nitrogens with one attached hydrogen (secondary N) is 3. The summed E-state index contributed by atoms with van der Waals surface area (Å²) in [4.78, 5) is 18.3. The van der Waals surface area contributed by atoms with E-state index >= 15 is 0 Å². The largest absolute Gasteiger partial charge is 0.444 e. The third-order valence-electron chi connectivity index (χ3n) is 3.78. The van der Waals surface area contributed by atoms with Crippen molar-refractivity contribution in [2.75, 3.05) is 39.8 Å². The number of rotatable bonds is 6. The van der Waals surface area contributed by atoms with E-state index in [2.05, 4.69) is 32.8 Å². The topological polar surface area (TPSA) is 78.0 Å². The molecule has 0 aliphatic carbocycles. The molecular formula is C17H35N5O2. The van der Waals surface area contributed by atoms with Crippen molar-refractivity contribution in [3.05, 3.63) is 0 Å². The summed E-state index contributed by atoms with van der Waals surface area (Å²) >= 11 is 0. The van der Waals surface area contributed by atoms with Gasteiger partial charge in [-0.2, -0.15) is 0 Å². The van der Waals surface area contributed by atoms with Crippen LogP contribution in [0.25, 0.3) is 0 Å². The number of amides is 1. The quantitative estimate of drug-likeness (QED) is 0.388. The van der Waals surface area contributed by atoms with E-state index in [0.717, 1.165) is 31.9 Å². The second-order valence-electron chi connectivity index (χ2n) is 7.19. The lowest BCUT2D eigenvalue weighted by molar-refractivity contribution is 0.0529. The predicted octanol–water partition coefficient (Wildman–Crippen LogP) is 1.55. The first-order valence-corrected chi connectivity index (χ1v) is 9.00. The fraction of sp³-hybridized carbons (Fsp3) is 0.882. The van der Waals surface area contributed by atoms with Crippen LogP contribution < -0.4 is 16.0 Å². The smallest absolute Gasteiger partial charge is 0.407 e. The SMILES string of the molecule is CCCN1CCC(NC(=NC)NCCNC(=O)OC(C)(C)C)CC1. The summed E-state index contributed by atoms with van der Waals surface area (Å²) in [5.74, 6) is 0.787. The molecule has 0 radical (unpaired) electrons. The normalized spacial score (nSPS) is 17.5. The van der Waals surface area contributed by atoms with Gasteiger partial charge in [0.2, 0.25) is 0 Å². The van der Waals surface area contributed by atoms with Gasteiger partial charge in [-0.15, -0.1) is 0 Å². The summed E-state index contributed by atoms with van der Waals surface area (Å²) in [6, 6.07) is 0.461. The molecule has 1 heterocycles. The molecule has 0 spiro atoms. The maximum Gasteiger partial charge on any atom is 0.407 e. The molecule has 3 N–H and O–H groups in total. The number of ether oxygens (including phenoxy) is 1. The molecule has 1 aliphatic heterocycles. The Kier molecular flexibility index (Phi) is 8.89. The van der Waals surface area contributed by atoms with Gasteiger partial charge in [0.1, 0.15) is 5.60 Å². The number of carbonyl (C=O) groups is 1. The maximum absolute atomic E-state index is 11.6. The van der Waals surface area contributed by atoms with Crippen molar-refractivity contribution in [2.45, 2.75) is 58.6 Å². The van der Waals surface area contributed by atoms with Crippen LogP contribution in [0.15, 0.2) is 4.99 Å². The van der Waals surface area contributed by atoms with E-state index in [1.807, 2.05) is 20.8 Å². The van der Waals surface area contributed by atoms with Crippen LogP contribution in [0.2, 0.25) is 0 Å². The Labute approximate surface area is 146 Å². The van der Waals surface area contributed by atoms with Crippen LogP contribution in [0.1, 0.15) is 47.0 Å². The lowest BCUT2D eigenvalue weighted by Gasteiger charge is -2.32. The number of nitrogens with zero attached hydrogens (tertiary/aromatic N) is 2. The van der Waals surface area contributed by atoms with Crippen molar-refractivity contribution in [2.24, 2.45) is 4.99 Å². The number of carbonyl (C=O) groups excluding carboxylic acids is 1. The lowest BCUT2D eigenvalue weighted by atomic mass is 10.1. The molecule has 0 unspecified atom stereocenters. The van der Waals surface area contributed by atoms with E-state index in [1.54, 1.807) is 7.05 Å². The summed E-state index contributed by atoms with van der Waals surface area (Å²) in [7, 11) is 1.77. The zero-order valence-electron chi connectivity index (χ0n) is 15.9. The molecule has 1 aliphatic rings. The second-order valence-corrected chi connectivity index (χ2v) is 7.19. The first-order chi connectivity index (χ1) is 11.3. The number of aliphatic imine (C=N–C) groups is 1. The molecule has 0 aromatic rings. The van der Waals surface area contributed by atoms with Crippen LogP contribution in [-0.4, -0.2) is 68.4 Å². The van der Waals surface area contributed by atoms with Crippen molar-refractivity contribution >= 4 is 12.1 Å². The standard InChI is InChI=1S/C17H35N5O2/c1-6-11-22-12-7-14(8-13-22)21-15(18-5)19-9-10-20-16(23)24-17(2,3)4/h14H,6-13H2,1-5H3,(H,20,23)(H2,18,19,21). The zero-order chi connectivity index (χ0) is 18.0. The highest BCUT2D eigenvalue weighted by molar-refractivity contribution is 5.80. The van der Waals surface area contributed by atoms with Crippen LogP contribution in [0.4, 0.5) is 4.79 Å². The first-order valence-electron chi connectivity index (χ1n) is 9.00. The maximum atomic E-state index is 11.6. The number of likely N-dealkylation sites (tertiary alicyclic amines) is 1. The second kappa shape index (κ2) is 10.4. The Balaban J connectivity index is 2.19. The number of guanidine groups is 1. The minimum Gasteiger partial charge on any atom is -0.444 e. The minimum atomic E-state index is -0.470. The highest BCUT2D eigenvalue weighted by Gasteiger charge is 2.19. The molecule has 1 amide bonds. The van der Waals surface area contributed by atoms with Gasteiger partial charge in [-0.05, 0) is 46.6 Å². The van der Waals surface area contributed by atoms with Crippen molar-refractivity contribution in [1.82, 2.24) is 20.9 Å². The Bertz CT molecular complexity index is 398. The summed E-state index contributed by atoms with van der Waals surface area (Å²) in [6.45, 7) is 12.3. The van der Waals surface area contributed by atoms with Gasteiger partial charge in [0, 0.05) is 39.3 Å². The van der Waals surface area contributed by atoms with Crippen molar-refractivity contribution in [3.63, 3.8) is 0 Å². The fourth-order valence-corrected chi connectivity index (χ4v) is 2.66. The van der Waals surface area contributed by atoms with Crippen LogP contribution in [0.3, 0.4) is 0 Å². The van der Waals surface area contributed by atoms with E-state index < -0.39 is 11.7 Å². The lowest BCUT2D eigenvalue weighted by Crippen LogP contribution is -2.49. The number of piperidine rings is 1. The minimum absolute atomic E-state index is 0.393. The van der Waals surface area contributed by atoms with Crippen molar-refractivity contribution in [3.8, 4) is 0 Å². The van der Waals surface area contributed by atoms with E-state index in [9.17, 15) is 4.79 Å². The summed E-state index contributed by atoms with van der Waals surface area (Å²) in [5.41, 5.74) is -0.470. The molecule has 0 aromatic carbocycles. The van der Waals surface area contributed by atoms with Crippen LogP contribution in [0, 0.1) is 0 Å². The molecule has 0 saturated carbocycles. The Morgan fingerprint density at radius 2 is 1.83 bits per heavy atom. The molecule has 0 bridgehead atoms. The van der Waals surface area contributed by atoms with E-state index in [1.165, 1.54) is 13.0 Å². The van der Waals surface area contributed by atoms with Crippen molar-refractivity contribution in [1.29, 1.82) is 0 Å². The Hall–Kier alpha value is -1.50. The third-order valence-corrected chi connectivity index (χ3v) is 3.78. The molecule has 0 aromatic heterocycles. The average molecular weight is 342 g/mol. The monoisotopic (exact) mass is 341 g/mol. The molecular weight excluding hydrogens is 306 g/mol. The van der Waals surface area contributed by atoms with Gasteiger partial charge in [-0.1, -0.05) is 6.92 Å². The van der Waals surface area contributed by atoms with E-state index in [0.29, 0.717) is 19.1 Å². The van der Waals surface area contributed by atoms with Gasteiger partial charge in [0.25, 0.3) is 0 Å². The van der Waals surface area contributed by atoms with E-state index in [-0.39, 0.29) is 0 Å². The molecule has 1 saturated heterocycles. The Morgan fingerprint density at radius 3 is 2.38 bits per heavy atom. The molecule has 140 valence electrons. The van der Waals surface area contributed by atoms with Crippen LogP contribution >= 0.6 is 0 Å². The van der Waals surface area contributed by atoms with Gasteiger partial charge in [-0.3, -0.25) is 4.99 Å². The molecule has 1 fully saturated rings. The highest BCUT2D eigenvalue weighted by Crippen LogP contribution is 2.10. The molecule has 7 heteroatoms. The molecule has 7 nitrogen and oxygen atoms in total. The Morgan fingerprint density at radius 1 is 1.21 bits per heavy atom. The third kappa shape index (κ3) is 8.96. The molecule has 1 rings (SSSR count). The highest BCUT2D eigenvalue weighted by atomic mass is 16.6. The molecule has 24 heavy (non-hydrogen) atoms. The fourth-order valence-electron chi connectivity index (χ4n) is 2.66. The summed E-state index contributed by atoms with van der Waals surface area (Å²) in [6.07, 6.45) is 3.09. The van der Waals surface area contributed by atoms with Gasteiger partial charge in [0.15, 0.2) is 5.96 Å². The average Bonchev–Trinajstić information content (AvgIpc) is 2.50.